The number of hydrogen-bond acceptors (Lipinski definition) is 6. The lowest BCUT2D eigenvalue weighted by atomic mass is 10.2. The molecule has 7 nitrogen and oxygen atoms in total. The topological polar surface area (TPSA) is 86.1 Å². The molecular weight excluding hydrogens is 460 g/mol. The van der Waals surface area contributed by atoms with Crippen molar-refractivity contribution in [3.05, 3.63) is 81.2 Å². The van der Waals surface area contributed by atoms with Gasteiger partial charge in [0.15, 0.2) is 5.16 Å². The average molecular weight is 481 g/mol. The van der Waals surface area contributed by atoms with Gasteiger partial charge in [0, 0.05) is 17.3 Å². The number of amides is 1. The highest BCUT2D eigenvalue weighted by Crippen LogP contribution is 2.31. The molecule has 0 spiro atoms. The van der Waals surface area contributed by atoms with Gasteiger partial charge in [-0.1, -0.05) is 41.6 Å². The van der Waals surface area contributed by atoms with Gasteiger partial charge in [-0.2, -0.15) is 0 Å². The summed E-state index contributed by atoms with van der Waals surface area (Å²) in [5.74, 6) is 0.669. The van der Waals surface area contributed by atoms with Crippen LogP contribution in [0.1, 0.15) is 11.1 Å². The van der Waals surface area contributed by atoms with Gasteiger partial charge < -0.3 is 10.1 Å². The number of aryl methyl sites for hydroxylation is 2. The van der Waals surface area contributed by atoms with Gasteiger partial charge in [-0.05, 0) is 49.2 Å². The van der Waals surface area contributed by atoms with Crippen molar-refractivity contribution in [2.45, 2.75) is 19.0 Å². The Kier molecular flexibility index (Phi) is 6.67. The van der Waals surface area contributed by atoms with Crippen molar-refractivity contribution in [2.75, 3.05) is 18.2 Å². The first kappa shape index (κ1) is 22.8. The van der Waals surface area contributed by atoms with E-state index < -0.39 is 0 Å². The van der Waals surface area contributed by atoms with Crippen LogP contribution in [0, 0.1) is 13.8 Å². The summed E-state index contributed by atoms with van der Waals surface area (Å²) in [6.07, 6.45) is 1.69. The molecule has 0 aliphatic carbocycles. The lowest BCUT2D eigenvalue weighted by molar-refractivity contribution is -0.113. The third-order valence-electron chi connectivity index (χ3n) is 4.96. The number of fused-ring (bicyclic) bond motifs is 1. The zero-order valence-electron chi connectivity index (χ0n) is 18.3. The molecule has 0 bridgehead atoms. The van der Waals surface area contributed by atoms with Crippen LogP contribution in [0.5, 0.6) is 5.75 Å². The first-order valence-corrected chi connectivity index (χ1v) is 11.5. The van der Waals surface area contributed by atoms with Gasteiger partial charge in [0.2, 0.25) is 5.91 Å². The quantitative estimate of drug-likeness (QED) is 0.315. The fraction of sp³-hybridized carbons (Fsp3) is 0.167. The number of carbonyl (C=O) groups is 1. The normalized spacial score (nSPS) is 10.9. The molecule has 9 heteroatoms. The number of rotatable bonds is 6. The highest BCUT2D eigenvalue weighted by Gasteiger charge is 2.17. The van der Waals surface area contributed by atoms with Crippen LogP contribution in [-0.2, 0) is 4.79 Å². The zero-order valence-corrected chi connectivity index (χ0v) is 19.8. The summed E-state index contributed by atoms with van der Waals surface area (Å²) in [4.78, 5) is 35.0. The van der Waals surface area contributed by atoms with Crippen LogP contribution in [0.2, 0.25) is 5.02 Å². The lowest BCUT2D eigenvalue weighted by Gasteiger charge is -2.14. The van der Waals surface area contributed by atoms with E-state index in [0.29, 0.717) is 38.3 Å². The summed E-state index contributed by atoms with van der Waals surface area (Å²) < 4.78 is 6.76. The summed E-state index contributed by atoms with van der Waals surface area (Å²) in [5, 5.41) is 4.25. The second kappa shape index (κ2) is 9.64. The number of para-hydroxylation sites is 1. The first-order valence-electron chi connectivity index (χ1n) is 10.1. The summed E-state index contributed by atoms with van der Waals surface area (Å²) >= 11 is 7.30. The molecule has 2 aromatic heterocycles. The van der Waals surface area contributed by atoms with E-state index >= 15 is 0 Å². The van der Waals surface area contributed by atoms with E-state index in [1.165, 1.54) is 11.7 Å². The maximum Gasteiger partial charge on any atom is 0.267 e. The van der Waals surface area contributed by atoms with Crippen LogP contribution >= 0.6 is 23.4 Å². The number of hydrogen-bond donors (Lipinski definition) is 1. The van der Waals surface area contributed by atoms with Crippen LogP contribution in [0.15, 0.2) is 64.7 Å². The maximum absolute atomic E-state index is 13.3. The van der Waals surface area contributed by atoms with Crippen molar-refractivity contribution in [1.29, 1.82) is 0 Å². The molecule has 1 N–H and O–H groups in total. The van der Waals surface area contributed by atoms with Crippen molar-refractivity contribution in [3.63, 3.8) is 0 Å². The van der Waals surface area contributed by atoms with Gasteiger partial charge in [-0.25, -0.2) is 14.5 Å². The fourth-order valence-electron chi connectivity index (χ4n) is 3.25. The molecule has 4 rings (SSSR count). The van der Waals surface area contributed by atoms with Crippen molar-refractivity contribution >= 4 is 45.9 Å². The summed E-state index contributed by atoms with van der Waals surface area (Å²) in [6.45, 7) is 3.77. The second-order valence-electron chi connectivity index (χ2n) is 7.38. The minimum absolute atomic E-state index is 0.0292. The van der Waals surface area contributed by atoms with Gasteiger partial charge in [0.05, 0.1) is 29.5 Å². The van der Waals surface area contributed by atoms with E-state index in [4.69, 9.17) is 16.3 Å². The predicted octanol–water partition coefficient (Wildman–Crippen LogP) is 4.79. The number of ether oxygens (including phenoxy) is 1. The molecule has 0 unspecified atom stereocenters. The SMILES string of the molecule is COc1cc(Cl)c(C)cc1NC(=O)CSc1nc2ccccc2c(=O)n1-c1ccc(C)cn1. The van der Waals surface area contributed by atoms with Gasteiger partial charge in [0.1, 0.15) is 11.6 Å². The van der Waals surface area contributed by atoms with E-state index in [9.17, 15) is 9.59 Å². The van der Waals surface area contributed by atoms with Crippen molar-refractivity contribution in [3.8, 4) is 11.6 Å². The van der Waals surface area contributed by atoms with Crippen LogP contribution in [0.3, 0.4) is 0 Å². The van der Waals surface area contributed by atoms with Crippen molar-refractivity contribution in [1.82, 2.24) is 14.5 Å². The molecule has 0 aliphatic rings. The van der Waals surface area contributed by atoms with Gasteiger partial charge >= 0.3 is 0 Å². The number of methoxy groups -OCH3 is 1. The Morgan fingerprint density at radius 3 is 2.70 bits per heavy atom. The zero-order chi connectivity index (χ0) is 23.5. The van der Waals surface area contributed by atoms with E-state index in [0.717, 1.165) is 22.9 Å². The Balaban J connectivity index is 1.65. The maximum atomic E-state index is 13.3. The molecule has 2 heterocycles. The number of pyridine rings is 1. The number of nitrogens with zero attached hydrogens (tertiary/aromatic N) is 3. The molecule has 2 aromatic carbocycles. The summed E-state index contributed by atoms with van der Waals surface area (Å²) in [5.41, 5.74) is 2.63. The summed E-state index contributed by atoms with van der Waals surface area (Å²) in [6, 6.07) is 14.2. The largest absolute Gasteiger partial charge is 0.495 e. The molecule has 0 fully saturated rings. The third-order valence-corrected chi connectivity index (χ3v) is 6.30. The molecule has 4 aromatic rings. The number of aromatic nitrogens is 3. The molecule has 0 saturated heterocycles. The van der Waals surface area contributed by atoms with Crippen molar-refractivity contribution in [2.24, 2.45) is 0 Å². The average Bonchev–Trinajstić information content (AvgIpc) is 2.81. The predicted molar refractivity (Wildman–Crippen MR) is 132 cm³/mol. The first-order chi connectivity index (χ1) is 15.9. The molecule has 1 amide bonds. The van der Waals surface area contributed by atoms with Crippen molar-refractivity contribution < 1.29 is 9.53 Å². The molecule has 0 radical (unpaired) electrons. The van der Waals surface area contributed by atoms with E-state index in [1.807, 2.05) is 26.0 Å². The monoisotopic (exact) mass is 480 g/mol. The Hall–Kier alpha value is -3.36. The Morgan fingerprint density at radius 1 is 1.18 bits per heavy atom. The van der Waals surface area contributed by atoms with Gasteiger partial charge in [-0.3, -0.25) is 9.59 Å². The molecular formula is C24H21ClN4O3S. The number of halogens is 1. The molecule has 0 aliphatic heterocycles. The van der Waals surface area contributed by atoms with Crippen LogP contribution in [0.4, 0.5) is 5.69 Å². The second-order valence-corrected chi connectivity index (χ2v) is 8.73. The molecule has 33 heavy (non-hydrogen) atoms. The number of nitrogens with one attached hydrogen (secondary N) is 1. The number of thioether (sulfide) groups is 1. The lowest BCUT2D eigenvalue weighted by Crippen LogP contribution is -2.23. The Labute approximate surface area is 199 Å². The summed E-state index contributed by atoms with van der Waals surface area (Å²) in [7, 11) is 1.51. The Morgan fingerprint density at radius 2 is 1.97 bits per heavy atom. The highest BCUT2D eigenvalue weighted by molar-refractivity contribution is 7.99. The molecule has 0 saturated carbocycles. The van der Waals surface area contributed by atoms with E-state index in [2.05, 4.69) is 15.3 Å². The van der Waals surface area contributed by atoms with E-state index in [1.54, 1.807) is 42.6 Å². The van der Waals surface area contributed by atoms with Gasteiger partial charge in [-0.15, -0.1) is 0 Å². The minimum Gasteiger partial charge on any atom is -0.495 e. The van der Waals surface area contributed by atoms with Crippen LogP contribution < -0.4 is 15.6 Å². The van der Waals surface area contributed by atoms with Crippen LogP contribution in [-0.4, -0.2) is 33.3 Å². The molecule has 168 valence electrons. The highest BCUT2D eigenvalue weighted by atomic mass is 35.5. The minimum atomic E-state index is -0.272. The third kappa shape index (κ3) is 4.86. The van der Waals surface area contributed by atoms with Gasteiger partial charge in [0.25, 0.3) is 5.56 Å². The van der Waals surface area contributed by atoms with Crippen LogP contribution in [0.25, 0.3) is 16.7 Å². The Bertz CT molecular complexity index is 1400. The molecule has 0 atom stereocenters. The standard InChI is InChI=1S/C24H21ClN4O3S/c1-14-8-9-21(26-12-14)29-23(31)16-6-4-5-7-18(16)28-24(29)33-13-22(30)27-19-10-15(2)17(25)11-20(19)32-3/h4-12H,13H2,1-3H3,(H,27,30). The number of anilines is 1. The number of carbonyl (C=O) groups excluding carboxylic acids is 1. The smallest absolute Gasteiger partial charge is 0.267 e. The fourth-order valence-corrected chi connectivity index (χ4v) is 4.20. The number of benzene rings is 2. The van der Waals surface area contributed by atoms with E-state index in [-0.39, 0.29) is 17.2 Å².